The monoisotopic (exact) mass is 262 g/mol. The second kappa shape index (κ2) is 7.88. The van der Waals surface area contributed by atoms with Gasteiger partial charge in [-0.1, -0.05) is 6.92 Å². The molecule has 0 aromatic carbocycles. The Kier molecular flexibility index (Phi) is 7.30. The van der Waals surface area contributed by atoms with Crippen molar-refractivity contribution in [3.8, 4) is 0 Å². The molecule has 2 unspecified atom stereocenters. The van der Waals surface area contributed by atoms with Gasteiger partial charge in [0.25, 0.3) is 0 Å². The highest BCUT2D eigenvalue weighted by atomic mass is 16.6. The first-order chi connectivity index (χ1) is 8.35. The van der Waals surface area contributed by atoms with Gasteiger partial charge in [0, 0.05) is 13.7 Å². The molecule has 0 aliphatic carbocycles. The number of alkyl carbamates (subject to hydrolysis) is 1. The van der Waals surface area contributed by atoms with E-state index in [0.29, 0.717) is 6.61 Å². The molecule has 0 bridgehead atoms. The summed E-state index contributed by atoms with van der Waals surface area (Å²) in [5.74, 6) is -1.06. The molecule has 0 saturated carbocycles. The summed E-state index contributed by atoms with van der Waals surface area (Å²) in [6, 6.07) is 0. The molecule has 7 heteroatoms. The van der Waals surface area contributed by atoms with Gasteiger partial charge < -0.3 is 25.6 Å². The lowest BCUT2D eigenvalue weighted by atomic mass is 9.91. The van der Waals surface area contributed by atoms with Crippen molar-refractivity contribution >= 4 is 12.1 Å². The van der Waals surface area contributed by atoms with Crippen LogP contribution < -0.4 is 11.1 Å². The van der Waals surface area contributed by atoms with Crippen molar-refractivity contribution in [2.75, 3.05) is 20.3 Å². The molecule has 0 fully saturated rings. The summed E-state index contributed by atoms with van der Waals surface area (Å²) in [4.78, 5) is 21.8. The quantitative estimate of drug-likeness (QED) is 0.581. The molecular formula is C11H22N2O5. The second-order valence-electron chi connectivity index (χ2n) is 4.14. The maximum absolute atomic E-state index is 11.0. The topological polar surface area (TPSA) is 111 Å². The zero-order chi connectivity index (χ0) is 14.2. The van der Waals surface area contributed by atoms with E-state index in [2.05, 4.69) is 5.32 Å². The molecule has 4 N–H and O–H groups in total. The number of hydrogen-bond acceptors (Lipinski definition) is 5. The Morgan fingerprint density at radius 2 is 2.11 bits per heavy atom. The zero-order valence-corrected chi connectivity index (χ0v) is 11.1. The van der Waals surface area contributed by atoms with Crippen molar-refractivity contribution < 1.29 is 24.2 Å². The third kappa shape index (κ3) is 5.83. The van der Waals surface area contributed by atoms with Gasteiger partial charge in [-0.05, 0) is 13.3 Å². The number of hydrogen-bond donors (Lipinski definition) is 3. The van der Waals surface area contributed by atoms with Crippen LogP contribution in [0.25, 0.3) is 0 Å². The lowest BCUT2D eigenvalue weighted by Crippen LogP contribution is -2.56. The minimum absolute atomic E-state index is 0.218. The number of nitrogens with one attached hydrogen (secondary N) is 1. The average molecular weight is 262 g/mol. The zero-order valence-electron chi connectivity index (χ0n) is 11.1. The molecule has 0 aromatic rings. The van der Waals surface area contributed by atoms with E-state index in [1.807, 2.05) is 6.92 Å². The maximum Gasteiger partial charge on any atom is 0.406 e. The van der Waals surface area contributed by atoms with Crippen LogP contribution >= 0.6 is 0 Å². The summed E-state index contributed by atoms with van der Waals surface area (Å²) in [7, 11) is 1.41. The molecular weight excluding hydrogens is 240 g/mol. The SMILES string of the molecule is CCCOC(C)C(N)(COC(=O)NC)CC(=O)O. The Bertz CT molecular complexity index is 285. The molecule has 0 spiro atoms. The lowest BCUT2D eigenvalue weighted by molar-refractivity contribution is -0.141. The van der Waals surface area contributed by atoms with Crippen molar-refractivity contribution in [1.29, 1.82) is 0 Å². The van der Waals surface area contributed by atoms with Gasteiger partial charge in [-0.2, -0.15) is 0 Å². The van der Waals surface area contributed by atoms with Crippen LogP contribution in [-0.4, -0.2) is 49.1 Å². The Labute approximate surface area is 107 Å². The third-order valence-corrected chi connectivity index (χ3v) is 2.54. The molecule has 0 saturated heterocycles. The second-order valence-corrected chi connectivity index (χ2v) is 4.14. The fourth-order valence-electron chi connectivity index (χ4n) is 1.33. The molecule has 0 aliphatic heterocycles. The molecule has 1 amide bonds. The largest absolute Gasteiger partial charge is 0.481 e. The Hall–Kier alpha value is -1.34. The Morgan fingerprint density at radius 1 is 1.50 bits per heavy atom. The highest BCUT2D eigenvalue weighted by Crippen LogP contribution is 2.17. The minimum atomic E-state index is -1.24. The van der Waals surface area contributed by atoms with Crippen LogP contribution in [0.1, 0.15) is 26.7 Å². The Morgan fingerprint density at radius 3 is 2.56 bits per heavy atom. The normalized spacial score (nSPS) is 15.6. The van der Waals surface area contributed by atoms with E-state index in [0.717, 1.165) is 6.42 Å². The summed E-state index contributed by atoms with van der Waals surface area (Å²) < 4.78 is 10.3. The van der Waals surface area contributed by atoms with E-state index in [1.54, 1.807) is 6.92 Å². The number of carboxylic acids is 1. The highest BCUT2D eigenvalue weighted by Gasteiger charge is 2.36. The third-order valence-electron chi connectivity index (χ3n) is 2.54. The molecule has 2 atom stereocenters. The molecule has 0 rings (SSSR count). The van der Waals surface area contributed by atoms with Gasteiger partial charge in [0.15, 0.2) is 0 Å². The van der Waals surface area contributed by atoms with Crippen molar-refractivity contribution in [2.24, 2.45) is 5.73 Å². The van der Waals surface area contributed by atoms with Crippen molar-refractivity contribution in [1.82, 2.24) is 5.32 Å². The van der Waals surface area contributed by atoms with Gasteiger partial charge in [0.2, 0.25) is 0 Å². The molecule has 0 aromatic heterocycles. The summed E-state index contributed by atoms with van der Waals surface area (Å²) in [5.41, 5.74) is 4.73. The summed E-state index contributed by atoms with van der Waals surface area (Å²) in [6.45, 7) is 3.86. The molecule has 7 nitrogen and oxygen atoms in total. The van der Waals surface area contributed by atoms with Crippen molar-refractivity contribution in [3.05, 3.63) is 0 Å². The van der Waals surface area contributed by atoms with Crippen LogP contribution in [0.15, 0.2) is 0 Å². The van der Waals surface area contributed by atoms with E-state index in [9.17, 15) is 9.59 Å². The maximum atomic E-state index is 11.0. The van der Waals surface area contributed by atoms with Gasteiger partial charge >= 0.3 is 12.1 Å². The van der Waals surface area contributed by atoms with Gasteiger partial charge in [0.1, 0.15) is 6.61 Å². The summed E-state index contributed by atoms with van der Waals surface area (Å²) in [5, 5.41) is 11.1. The predicted octanol–water partition coefficient (Wildman–Crippen LogP) is 0.330. The van der Waals surface area contributed by atoms with Crippen LogP contribution in [0.2, 0.25) is 0 Å². The van der Waals surface area contributed by atoms with Crippen LogP contribution in [0.3, 0.4) is 0 Å². The fraction of sp³-hybridized carbons (Fsp3) is 0.818. The number of rotatable bonds is 8. The van der Waals surface area contributed by atoms with Gasteiger partial charge in [-0.25, -0.2) is 4.79 Å². The first-order valence-corrected chi connectivity index (χ1v) is 5.82. The smallest absolute Gasteiger partial charge is 0.406 e. The first-order valence-electron chi connectivity index (χ1n) is 5.82. The van der Waals surface area contributed by atoms with E-state index < -0.39 is 23.7 Å². The van der Waals surface area contributed by atoms with Gasteiger partial charge in [-0.3, -0.25) is 4.79 Å². The van der Waals surface area contributed by atoms with Gasteiger partial charge in [-0.15, -0.1) is 0 Å². The number of nitrogens with two attached hydrogens (primary N) is 1. The number of carbonyl (C=O) groups is 2. The number of carbonyl (C=O) groups excluding carboxylic acids is 1. The number of carboxylic acid groups (broad SMARTS) is 1. The molecule has 0 radical (unpaired) electrons. The number of ether oxygens (including phenoxy) is 2. The van der Waals surface area contributed by atoms with E-state index >= 15 is 0 Å². The lowest BCUT2D eigenvalue weighted by Gasteiger charge is -2.33. The number of aliphatic carboxylic acids is 1. The molecule has 106 valence electrons. The standard InChI is InChI=1S/C11H22N2O5/c1-4-5-17-8(2)11(12,6-9(14)15)7-18-10(16)13-3/h8H,4-7,12H2,1-3H3,(H,13,16)(H,14,15). The first kappa shape index (κ1) is 16.7. The molecule has 0 heterocycles. The fourth-order valence-corrected chi connectivity index (χ4v) is 1.33. The Balaban J connectivity index is 4.59. The number of amides is 1. The average Bonchev–Trinajstić information content (AvgIpc) is 2.31. The van der Waals surface area contributed by atoms with Gasteiger partial charge in [0.05, 0.1) is 18.1 Å². The van der Waals surface area contributed by atoms with E-state index in [1.165, 1.54) is 7.05 Å². The van der Waals surface area contributed by atoms with Crippen molar-refractivity contribution in [3.63, 3.8) is 0 Å². The molecule has 0 aliphatic rings. The van der Waals surface area contributed by atoms with Crippen molar-refractivity contribution in [2.45, 2.75) is 38.3 Å². The summed E-state index contributed by atoms with van der Waals surface area (Å²) in [6.07, 6.45) is -0.727. The summed E-state index contributed by atoms with van der Waals surface area (Å²) >= 11 is 0. The van der Waals surface area contributed by atoms with Crippen LogP contribution in [-0.2, 0) is 14.3 Å². The van der Waals surface area contributed by atoms with Crippen LogP contribution in [0.4, 0.5) is 4.79 Å². The predicted molar refractivity (Wildman–Crippen MR) is 65.3 cm³/mol. The van der Waals surface area contributed by atoms with E-state index in [4.69, 9.17) is 20.3 Å². The van der Waals surface area contributed by atoms with Crippen LogP contribution in [0.5, 0.6) is 0 Å². The molecule has 18 heavy (non-hydrogen) atoms. The van der Waals surface area contributed by atoms with Crippen LogP contribution in [0, 0.1) is 0 Å². The van der Waals surface area contributed by atoms with E-state index in [-0.39, 0.29) is 13.0 Å². The minimum Gasteiger partial charge on any atom is -0.481 e. The highest BCUT2D eigenvalue weighted by molar-refractivity contribution is 5.69.